The molecule has 1 aromatic carbocycles. The van der Waals surface area contributed by atoms with E-state index in [1.165, 1.54) is 28.6 Å². The maximum Gasteiger partial charge on any atom is 0.101 e. The number of aryl methyl sites for hydroxylation is 1. The van der Waals surface area contributed by atoms with Gasteiger partial charge < -0.3 is 9.30 Å². The van der Waals surface area contributed by atoms with E-state index in [0.29, 0.717) is 18.0 Å². The third-order valence-electron chi connectivity index (χ3n) is 7.00. The zero-order valence-corrected chi connectivity index (χ0v) is 13.7. The molecule has 5 aliphatic heterocycles. The van der Waals surface area contributed by atoms with Crippen molar-refractivity contribution in [1.82, 2.24) is 9.47 Å². The first kappa shape index (κ1) is 12.8. The van der Waals surface area contributed by atoms with Crippen molar-refractivity contribution in [3.63, 3.8) is 0 Å². The number of piperidine rings is 3. The van der Waals surface area contributed by atoms with Crippen molar-refractivity contribution in [3.8, 4) is 0 Å². The maximum atomic E-state index is 6.43. The van der Waals surface area contributed by atoms with Gasteiger partial charge in [0.25, 0.3) is 0 Å². The molecule has 4 saturated heterocycles. The largest absolute Gasteiger partial charge is 0.371 e. The Balaban J connectivity index is 1.66. The van der Waals surface area contributed by atoms with Crippen molar-refractivity contribution in [2.45, 2.75) is 31.5 Å². The standard InChI is InChI=1S/C20H22N2O/c1-3-11-9-22-16-8-13(11)14-10-23-20(18(14)22)17-12-6-4-5-7-15(12)21(2)19(16)17/h3-7,13-14,16,18,20H,8-10H2,1-2H3/t13-,14-,16-,18+,20+/m0/s1. The summed E-state index contributed by atoms with van der Waals surface area (Å²) in [7, 11) is 2.24. The zero-order chi connectivity index (χ0) is 15.3. The van der Waals surface area contributed by atoms with Gasteiger partial charge in [0.1, 0.15) is 6.10 Å². The second-order valence-electron chi connectivity index (χ2n) is 7.68. The van der Waals surface area contributed by atoms with E-state index in [1.807, 2.05) is 0 Å². The van der Waals surface area contributed by atoms with Crippen LogP contribution in [0.5, 0.6) is 0 Å². The van der Waals surface area contributed by atoms with Crippen LogP contribution in [0.15, 0.2) is 35.9 Å². The Bertz CT molecular complexity index is 864. The topological polar surface area (TPSA) is 17.4 Å². The van der Waals surface area contributed by atoms with Crippen molar-refractivity contribution < 1.29 is 4.74 Å². The predicted molar refractivity (Wildman–Crippen MR) is 90.2 cm³/mol. The Morgan fingerprint density at radius 1 is 1.26 bits per heavy atom. The van der Waals surface area contributed by atoms with E-state index in [9.17, 15) is 0 Å². The van der Waals surface area contributed by atoms with E-state index in [4.69, 9.17) is 4.74 Å². The highest BCUT2D eigenvalue weighted by Gasteiger charge is 2.60. The molecule has 0 spiro atoms. The lowest BCUT2D eigenvalue weighted by Gasteiger charge is -2.57. The fourth-order valence-corrected chi connectivity index (χ4v) is 6.11. The van der Waals surface area contributed by atoms with Gasteiger partial charge in [0.05, 0.1) is 12.6 Å². The normalized spacial score (nSPS) is 41.7. The van der Waals surface area contributed by atoms with Crippen LogP contribution < -0.4 is 0 Å². The molecule has 0 N–H and O–H groups in total. The summed E-state index contributed by atoms with van der Waals surface area (Å²) in [5, 5.41) is 1.41. The van der Waals surface area contributed by atoms with Crippen molar-refractivity contribution in [1.29, 1.82) is 0 Å². The summed E-state index contributed by atoms with van der Waals surface area (Å²) in [6, 6.07) is 10.1. The van der Waals surface area contributed by atoms with Crippen molar-refractivity contribution >= 4 is 10.9 Å². The minimum atomic E-state index is 0.276. The molecule has 3 heteroatoms. The number of allylic oxidation sites excluding steroid dienone is 1. The quantitative estimate of drug-likeness (QED) is 0.692. The molecule has 5 aliphatic rings. The number of para-hydroxylation sites is 1. The van der Waals surface area contributed by atoms with Gasteiger partial charge in [-0.15, -0.1) is 0 Å². The summed E-state index contributed by atoms with van der Waals surface area (Å²) in [5.74, 6) is 1.43. The highest BCUT2D eigenvalue weighted by molar-refractivity contribution is 5.86. The summed E-state index contributed by atoms with van der Waals surface area (Å²) in [6.07, 6.45) is 3.91. The first-order valence-electron chi connectivity index (χ1n) is 8.89. The van der Waals surface area contributed by atoms with Crippen molar-refractivity contribution in [3.05, 3.63) is 47.2 Å². The second-order valence-corrected chi connectivity index (χ2v) is 7.68. The monoisotopic (exact) mass is 306 g/mol. The summed E-state index contributed by atoms with van der Waals surface area (Å²) in [6.45, 7) is 4.29. The number of fused-ring (bicyclic) bond motifs is 5. The Kier molecular flexibility index (Phi) is 2.27. The summed E-state index contributed by atoms with van der Waals surface area (Å²) in [5.41, 5.74) is 6.03. The zero-order valence-electron chi connectivity index (χ0n) is 13.7. The van der Waals surface area contributed by atoms with Gasteiger partial charge in [-0.3, -0.25) is 4.90 Å². The van der Waals surface area contributed by atoms with Gasteiger partial charge in [-0.1, -0.05) is 29.8 Å². The van der Waals surface area contributed by atoms with Crippen LogP contribution in [0.3, 0.4) is 0 Å². The molecule has 118 valence electrons. The number of ether oxygens (including phenoxy) is 1. The fourth-order valence-electron chi connectivity index (χ4n) is 6.11. The molecule has 7 rings (SSSR count). The first-order valence-corrected chi connectivity index (χ1v) is 8.89. The van der Waals surface area contributed by atoms with Crippen LogP contribution >= 0.6 is 0 Å². The van der Waals surface area contributed by atoms with E-state index in [2.05, 4.69) is 53.8 Å². The molecule has 1 unspecified atom stereocenters. The first-order chi connectivity index (χ1) is 11.3. The van der Waals surface area contributed by atoms with E-state index in [0.717, 1.165) is 19.1 Å². The molecule has 0 radical (unpaired) electrons. The molecule has 23 heavy (non-hydrogen) atoms. The number of benzene rings is 1. The average molecular weight is 306 g/mol. The Morgan fingerprint density at radius 2 is 2.13 bits per heavy atom. The third kappa shape index (κ3) is 1.32. The molecular weight excluding hydrogens is 284 g/mol. The van der Waals surface area contributed by atoms with Crippen LogP contribution in [-0.4, -0.2) is 28.7 Å². The van der Waals surface area contributed by atoms with E-state index < -0.39 is 0 Å². The van der Waals surface area contributed by atoms with Crippen molar-refractivity contribution in [2.24, 2.45) is 18.9 Å². The van der Waals surface area contributed by atoms with Gasteiger partial charge in [0.15, 0.2) is 0 Å². The molecule has 1 aromatic heterocycles. The van der Waals surface area contributed by atoms with Crippen LogP contribution in [0, 0.1) is 11.8 Å². The van der Waals surface area contributed by atoms with Crippen LogP contribution in [0.1, 0.15) is 36.7 Å². The van der Waals surface area contributed by atoms with E-state index >= 15 is 0 Å². The van der Waals surface area contributed by atoms with Crippen LogP contribution in [0.2, 0.25) is 0 Å². The highest BCUT2D eigenvalue weighted by atomic mass is 16.5. The minimum absolute atomic E-state index is 0.276. The highest BCUT2D eigenvalue weighted by Crippen LogP contribution is 2.61. The van der Waals surface area contributed by atoms with Crippen LogP contribution in [-0.2, 0) is 11.8 Å². The van der Waals surface area contributed by atoms with Crippen molar-refractivity contribution in [2.75, 3.05) is 13.2 Å². The lowest BCUT2D eigenvalue weighted by atomic mass is 9.64. The molecule has 0 amide bonds. The number of nitrogens with zero attached hydrogens (tertiary/aromatic N) is 2. The van der Waals surface area contributed by atoms with E-state index in [-0.39, 0.29) is 6.10 Å². The minimum Gasteiger partial charge on any atom is -0.371 e. The number of aromatic nitrogens is 1. The SMILES string of the molecule is CC=C1CN2[C@@H]3[C@H]4CO[C@@H]3c3c(n(C)c5ccccc35)[C@@H]2C[C@@H]14. The predicted octanol–water partition coefficient (Wildman–Crippen LogP) is 3.57. The van der Waals surface area contributed by atoms with Gasteiger partial charge in [-0.05, 0) is 25.3 Å². The Hall–Kier alpha value is -1.58. The van der Waals surface area contributed by atoms with Gasteiger partial charge in [0, 0.05) is 47.7 Å². The number of hydrogen-bond donors (Lipinski definition) is 0. The van der Waals surface area contributed by atoms with Crippen LogP contribution in [0.25, 0.3) is 10.9 Å². The molecule has 0 aliphatic carbocycles. The number of hydrogen-bond acceptors (Lipinski definition) is 2. The molecule has 3 nitrogen and oxygen atoms in total. The Labute approximate surface area is 136 Å². The van der Waals surface area contributed by atoms with Crippen LogP contribution in [0.4, 0.5) is 0 Å². The summed E-state index contributed by atoms with van der Waals surface area (Å²) in [4.78, 5) is 2.76. The smallest absolute Gasteiger partial charge is 0.101 e. The summed E-state index contributed by atoms with van der Waals surface area (Å²) >= 11 is 0. The molecule has 6 atom stereocenters. The molecule has 0 saturated carbocycles. The molecule has 4 bridgehead atoms. The fraction of sp³-hybridized carbons (Fsp3) is 0.500. The third-order valence-corrected chi connectivity index (χ3v) is 7.00. The van der Waals surface area contributed by atoms with E-state index in [1.54, 1.807) is 5.57 Å². The maximum absolute atomic E-state index is 6.43. The van der Waals surface area contributed by atoms with Gasteiger partial charge in [0.2, 0.25) is 0 Å². The van der Waals surface area contributed by atoms with Gasteiger partial charge in [-0.25, -0.2) is 0 Å². The Morgan fingerprint density at radius 3 is 3.00 bits per heavy atom. The lowest BCUT2D eigenvalue weighted by Crippen LogP contribution is -2.59. The average Bonchev–Trinajstić information content (AvgIpc) is 3.17. The van der Waals surface area contributed by atoms with Gasteiger partial charge >= 0.3 is 0 Å². The number of rotatable bonds is 0. The lowest BCUT2D eigenvalue weighted by molar-refractivity contribution is -0.0346. The molecule has 4 fully saturated rings. The molecule has 2 aromatic rings. The van der Waals surface area contributed by atoms with Gasteiger partial charge in [-0.2, -0.15) is 0 Å². The molecular formula is C20H22N2O. The molecule has 6 heterocycles. The summed E-state index contributed by atoms with van der Waals surface area (Å²) < 4.78 is 8.87. The second kappa shape index (κ2) is 4.08.